The standard InChI is InChI=1S/C13H14N2O/c1-8-5-9(2)7-11(6-8)12-14-13(16-15-12)10-3-4-10/h5-7,10H,3-4H2,1-2H3. The molecule has 0 saturated heterocycles. The maximum absolute atomic E-state index is 5.26. The molecule has 82 valence electrons. The second kappa shape index (κ2) is 3.44. The summed E-state index contributed by atoms with van der Waals surface area (Å²) in [6, 6.07) is 6.33. The number of rotatable bonds is 2. The number of hydrogen-bond acceptors (Lipinski definition) is 3. The minimum Gasteiger partial charge on any atom is -0.339 e. The van der Waals surface area contributed by atoms with Gasteiger partial charge in [0.25, 0.3) is 0 Å². The van der Waals surface area contributed by atoms with Crippen molar-refractivity contribution in [3.05, 3.63) is 35.2 Å². The molecule has 1 aliphatic rings. The fraction of sp³-hybridized carbons (Fsp3) is 0.385. The molecule has 1 fully saturated rings. The summed E-state index contributed by atoms with van der Waals surface area (Å²) in [4.78, 5) is 4.45. The lowest BCUT2D eigenvalue weighted by molar-refractivity contribution is 0.380. The van der Waals surface area contributed by atoms with Gasteiger partial charge in [0.1, 0.15) is 0 Å². The highest BCUT2D eigenvalue weighted by atomic mass is 16.5. The average molecular weight is 214 g/mol. The molecule has 0 atom stereocenters. The monoisotopic (exact) mass is 214 g/mol. The van der Waals surface area contributed by atoms with Gasteiger partial charge in [-0.05, 0) is 38.8 Å². The maximum Gasteiger partial charge on any atom is 0.230 e. The quantitative estimate of drug-likeness (QED) is 0.770. The van der Waals surface area contributed by atoms with Crippen molar-refractivity contribution in [1.82, 2.24) is 10.1 Å². The molecule has 2 aromatic rings. The molecule has 1 heterocycles. The highest BCUT2D eigenvalue weighted by Gasteiger charge is 2.29. The first-order valence-corrected chi connectivity index (χ1v) is 5.64. The summed E-state index contributed by atoms with van der Waals surface area (Å²) in [5.41, 5.74) is 3.51. The van der Waals surface area contributed by atoms with Gasteiger partial charge in [-0.2, -0.15) is 4.98 Å². The topological polar surface area (TPSA) is 38.9 Å². The van der Waals surface area contributed by atoms with Gasteiger partial charge in [0.2, 0.25) is 11.7 Å². The first-order valence-electron chi connectivity index (χ1n) is 5.64. The Bertz CT molecular complexity index is 506. The summed E-state index contributed by atoms with van der Waals surface area (Å²) in [7, 11) is 0. The first kappa shape index (κ1) is 9.58. The Kier molecular flexibility index (Phi) is 2.06. The number of aryl methyl sites for hydroxylation is 2. The Morgan fingerprint density at radius 3 is 2.44 bits per heavy atom. The maximum atomic E-state index is 5.26. The number of aromatic nitrogens is 2. The lowest BCUT2D eigenvalue weighted by atomic mass is 10.1. The molecule has 0 unspecified atom stereocenters. The fourth-order valence-electron chi connectivity index (χ4n) is 1.95. The van der Waals surface area contributed by atoms with Gasteiger partial charge < -0.3 is 4.52 Å². The predicted molar refractivity (Wildman–Crippen MR) is 61.2 cm³/mol. The SMILES string of the molecule is Cc1cc(C)cc(-c2noc(C3CC3)n2)c1. The van der Waals surface area contributed by atoms with Gasteiger partial charge in [0.05, 0.1) is 0 Å². The summed E-state index contributed by atoms with van der Waals surface area (Å²) >= 11 is 0. The van der Waals surface area contributed by atoms with Crippen LogP contribution in [0.3, 0.4) is 0 Å². The smallest absolute Gasteiger partial charge is 0.230 e. The molecular formula is C13H14N2O. The molecule has 16 heavy (non-hydrogen) atoms. The second-order valence-electron chi connectivity index (χ2n) is 4.61. The molecule has 0 spiro atoms. The molecule has 3 rings (SSSR count). The van der Waals surface area contributed by atoms with Crippen LogP contribution in [0.5, 0.6) is 0 Å². The van der Waals surface area contributed by atoms with E-state index in [9.17, 15) is 0 Å². The largest absolute Gasteiger partial charge is 0.339 e. The van der Waals surface area contributed by atoms with Crippen molar-refractivity contribution in [2.24, 2.45) is 0 Å². The van der Waals surface area contributed by atoms with Crippen LogP contribution in [0.15, 0.2) is 22.7 Å². The molecular weight excluding hydrogens is 200 g/mol. The summed E-state index contributed by atoms with van der Waals surface area (Å²) in [6.07, 6.45) is 2.38. The van der Waals surface area contributed by atoms with Crippen molar-refractivity contribution >= 4 is 0 Å². The van der Waals surface area contributed by atoms with Crippen LogP contribution in [0.25, 0.3) is 11.4 Å². The fourth-order valence-corrected chi connectivity index (χ4v) is 1.95. The van der Waals surface area contributed by atoms with Gasteiger partial charge in [-0.3, -0.25) is 0 Å². The van der Waals surface area contributed by atoms with E-state index in [4.69, 9.17) is 4.52 Å². The molecule has 1 aliphatic carbocycles. The van der Waals surface area contributed by atoms with Crippen LogP contribution in [0.1, 0.15) is 35.8 Å². The van der Waals surface area contributed by atoms with Gasteiger partial charge in [0.15, 0.2) is 0 Å². The third-order valence-electron chi connectivity index (χ3n) is 2.85. The highest BCUT2D eigenvalue weighted by Crippen LogP contribution is 2.39. The molecule has 0 bridgehead atoms. The van der Waals surface area contributed by atoms with Crippen molar-refractivity contribution in [1.29, 1.82) is 0 Å². The third-order valence-corrected chi connectivity index (χ3v) is 2.85. The van der Waals surface area contributed by atoms with Gasteiger partial charge >= 0.3 is 0 Å². The number of hydrogen-bond donors (Lipinski definition) is 0. The lowest BCUT2D eigenvalue weighted by Gasteiger charge is -1.99. The van der Waals surface area contributed by atoms with Gasteiger partial charge in [0, 0.05) is 11.5 Å². The normalized spacial score (nSPS) is 15.4. The third kappa shape index (κ3) is 1.73. The Morgan fingerprint density at radius 2 is 1.81 bits per heavy atom. The predicted octanol–water partition coefficient (Wildman–Crippen LogP) is 3.23. The van der Waals surface area contributed by atoms with Gasteiger partial charge in [-0.25, -0.2) is 0 Å². The van der Waals surface area contributed by atoms with E-state index < -0.39 is 0 Å². The van der Waals surface area contributed by atoms with Crippen LogP contribution < -0.4 is 0 Å². The highest BCUT2D eigenvalue weighted by molar-refractivity contribution is 5.57. The second-order valence-corrected chi connectivity index (χ2v) is 4.61. The molecule has 0 amide bonds. The van der Waals surface area contributed by atoms with E-state index in [1.165, 1.54) is 24.0 Å². The molecule has 1 aromatic carbocycles. The summed E-state index contributed by atoms with van der Waals surface area (Å²) in [5.74, 6) is 2.04. The zero-order chi connectivity index (χ0) is 11.1. The summed E-state index contributed by atoms with van der Waals surface area (Å²) in [6.45, 7) is 4.16. The average Bonchev–Trinajstić information content (AvgIpc) is 2.95. The molecule has 1 saturated carbocycles. The van der Waals surface area contributed by atoms with Gasteiger partial charge in [-0.15, -0.1) is 0 Å². The van der Waals surface area contributed by atoms with Crippen molar-refractivity contribution in [3.8, 4) is 11.4 Å². The molecule has 3 heteroatoms. The van der Waals surface area contributed by atoms with Crippen molar-refractivity contribution < 1.29 is 4.52 Å². The Morgan fingerprint density at radius 1 is 1.12 bits per heavy atom. The van der Waals surface area contributed by atoms with E-state index in [1.54, 1.807) is 0 Å². The van der Waals surface area contributed by atoms with Crippen LogP contribution in [-0.2, 0) is 0 Å². The van der Waals surface area contributed by atoms with Crippen molar-refractivity contribution in [3.63, 3.8) is 0 Å². The molecule has 1 aromatic heterocycles. The Labute approximate surface area is 94.5 Å². The number of benzene rings is 1. The molecule has 0 N–H and O–H groups in total. The molecule has 0 aliphatic heterocycles. The van der Waals surface area contributed by atoms with Crippen LogP contribution in [0, 0.1) is 13.8 Å². The van der Waals surface area contributed by atoms with E-state index in [-0.39, 0.29) is 0 Å². The zero-order valence-corrected chi connectivity index (χ0v) is 9.53. The van der Waals surface area contributed by atoms with Crippen LogP contribution in [0.2, 0.25) is 0 Å². The van der Waals surface area contributed by atoms with E-state index in [0.29, 0.717) is 11.7 Å². The minimum atomic E-state index is 0.521. The van der Waals surface area contributed by atoms with E-state index in [2.05, 4.69) is 42.2 Å². The summed E-state index contributed by atoms with van der Waals surface area (Å²) < 4.78 is 5.26. The Balaban J connectivity index is 2.00. The molecule has 0 radical (unpaired) electrons. The minimum absolute atomic E-state index is 0.521. The lowest BCUT2D eigenvalue weighted by Crippen LogP contribution is -1.85. The zero-order valence-electron chi connectivity index (χ0n) is 9.53. The van der Waals surface area contributed by atoms with Crippen LogP contribution in [-0.4, -0.2) is 10.1 Å². The van der Waals surface area contributed by atoms with Crippen LogP contribution >= 0.6 is 0 Å². The van der Waals surface area contributed by atoms with Gasteiger partial charge in [-0.1, -0.05) is 22.3 Å². The van der Waals surface area contributed by atoms with Crippen molar-refractivity contribution in [2.75, 3.05) is 0 Å². The molecule has 3 nitrogen and oxygen atoms in total. The van der Waals surface area contributed by atoms with E-state index in [1.807, 2.05) is 0 Å². The first-order chi connectivity index (χ1) is 7.72. The van der Waals surface area contributed by atoms with E-state index in [0.717, 1.165) is 11.5 Å². The van der Waals surface area contributed by atoms with Crippen molar-refractivity contribution in [2.45, 2.75) is 32.6 Å². The van der Waals surface area contributed by atoms with Crippen LogP contribution in [0.4, 0.5) is 0 Å². The number of nitrogens with zero attached hydrogens (tertiary/aromatic N) is 2. The van der Waals surface area contributed by atoms with E-state index >= 15 is 0 Å². The summed E-state index contributed by atoms with van der Waals surface area (Å²) in [5, 5.41) is 4.04. The Hall–Kier alpha value is -1.64.